The number of amides is 1. The first-order valence-corrected chi connectivity index (χ1v) is 8.44. The highest BCUT2D eigenvalue weighted by Crippen LogP contribution is 2.26. The number of hydrogen-bond donors (Lipinski definition) is 0. The molecule has 5 heteroatoms. The minimum Gasteiger partial charge on any atom is -0.444 e. The van der Waals surface area contributed by atoms with Crippen LogP contribution < -0.4 is 0 Å². The summed E-state index contributed by atoms with van der Waals surface area (Å²) in [6.07, 6.45) is 7.43. The fourth-order valence-corrected chi connectivity index (χ4v) is 3.03. The number of rotatable bonds is 6. The minimum atomic E-state index is 0.0234. The van der Waals surface area contributed by atoms with Gasteiger partial charge >= 0.3 is 0 Å². The Balaban J connectivity index is 1.84. The molecule has 25 heavy (non-hydrogen) atoms. The van der Waals surface area contributed by atoms with Crippen LogP contribution in [0.3, 0.4) is 0 Å². The molecule has 0 radical (unpaired) electrons. The van der Waals surface area contributed by atoms with E-state index in [0.29, 0.717) is 17.9 Å². The molecule has 128 valence electrons. The molecule has 1 aromatic carbocycles. The summed E-state index contributed by atoms with van der Waals surface area (Å²) in [4.78, 5) is 22.9. The van der Waals surface area contributed by atoms with Crippen molar-refractivity contribution in [2.24, 2.45) is 0 Å². The quantitative estimate of drug-likeness (QED) is 0.672. The summed E-state index contributed by atoms with van der Waals surface area (Å²) in [5, 5.41) is 0. The molecule has 0 saturated carbocycles. The second-order valence-electron chi connectivity index (χ2n) is 5.74. The number of nitrogens with zero attached hydrogens (tertiary/aromatic N) is 3. The zero-order valence-electron chi connectivity index (χ0n) is 14.4. The topological polar surface area (TPSA) is 59.2 Å². The van der Waals surface area contributed by atoms with Gasteiger partial charge in [0.25, 0.3) is 5.91 Å². The molecular weight excluding hydrogens is 314 g/mol. The van der Waals surface area contributed by atoms with Gasteiger partial charge in [0.05, 0.1) is 12.2 Å². The second kappa shape index (κ2) is 7.75. The Bertz CT molecular complexity index is 799. The minimum absolute atomic E-state index is 0.0234. The average molecular weight is 335 g/mol. The van der Waals surface area contributed by atoms with E-state index in [1.807, 2.05) is 48.2 Å². The summed E-state index contributed by atoms with van der Waals surface area (Å²) < 4.78 is 5.29. The number of carbonyl (C=O) groups excluding carboxylic acids is 1. The molecule has 0 fully saturated rings. The van der Waals surface area contributed by atoms with Gasteiger partial charge < -0.3 is 9.32 Å². The van der Waals surface area contributed by atoms with Gasteiger partial charge in [-0.25, -0.2) is 4.98 Å². The van der Waals surface area contributed by atoms with E-state index in [2.05, 4.69) is 16.9 Å². The monoisotopic (exact) mass is 335 g/mol. The van der Waals surface area contributed by atoms with E-state index in [1.54, 1.807) is 18.6 Å². The van der Waals surface area contributed by atoms with Crippen molar-refractivity contribution >= 4 is 5.91 Å². The Labute approximate surface area is 147 Å². The number of aromatic nitrogens is 2. The van der Waals surface area contributed by atoms with Crippen LogP contribution in [0.15, 0.2) is 65.8 Å². The van der Waals surface area contributed by atoms with Crippen LogP contribution in [0, 0.1) is 0 Å². The SMILES string of the molecule is CC[C@H](c1ccncc1)N(CC)C(=O)c1ccc(-c2cnco2)cc1. The molecule has 0 aliphatic carbocycles. The van der Waals surface area contributed by atoms with Gasteiger partial charge in [0.2, 0.25) is 0 Å². The van der Waals surface area contributed by atoms with Crippen molar-refractivity contribution in [3.05, 3.63) is 72.5 Å². The molecule has 0 unspecified atom stereocenters. The van der Waals surface area contributed by atoms with Crippen LogP contribution in [0.1, 0.15) is 42.2 Å². The van der Waals surface area contributed by atoms with Gasteiger partial charge in [-0.1, -0.05) is 19.1 Å². The van der Waals surface area contributed by atoms with Crippen LogP contribution in [0.4, 0.5) is 0 Å². The van der Waals surface area contributed by atoms with Crippen LogP contribution in [-0.4, -0.2) is 27.3 Å². The molecule has 3 aromatic rings. The summed E-state index contributed by atoms with van der Waals surface area (Å²) in [7, 11) is 0. The van der Waals surface area contributed by atoms with Crippen LogP contribution in [0.25, 0.3) is 11.3 Å². The molecule has 5 nitrogen and oxygen atoms in total. The highest BCUT2D eigenvalue weighted by molar-refractivity contribution is 5.95. The molecule has 0 N–H and O–H groups in total. The second-order valence-corrected chi connectivity index (χ2v) is 5.74. The van der Waals surface area contributed by atoms with Crippen molar-refractivity contribution in [1.29, 1.82) is 0 Å². The summed E-state index contributed by atoms with van der Waals surface area (Å²) in [5.74, 6) is 0.713. The van der Waals surface area contributed by atoms with Crippen molar-refractivity contribution in [3.8, 4) is 11.3 Å². The predicted octanol–water partition coefficient (Wildman–Crippen LogP) is 4.35. The summed E-state index contributed by atoms with van der Waals surface area (Å²) in [6, 6.07) is 11.4. The Morgan fingerprint density at radius 1 is 1.08 bits per heavy atom. The number of oxazole rings is 1. The maximum atomic E-state index is 13.0. The largest absolute Gasteiger partial charge is 0.444 e. The highest BCUT2D eigenvalue weighted by atomic mass is 16.3. The molecule has 0 saturated heterocycles. The van der Waals surface area contributed by atoms with Gasteiger partial charge in [-0.15, -0.1) is 0 Å². The highest BCUT2D eigenvalue weighted by Gasteiger charge is 2.23. The molecular formula is C20H21N3O2. The number of carbonyl (C=O) groups is 1. The van der Waals surface area contributed by atoms with Gasteiger partial charge in [-0.05, 0) is 43.2 Å². The number of benzene rings is 1. The van der Waals surface area contributed by atoms with Crippen molar-refractivity contribution in [3.63, 3.8) is 0 Å². The molecule has 1 atom stereocenters. The summed E-state index contributed by atoms with van der Waals surface area (Å²) >= 11 is 0. The van der Waals surface area contributed by atoms with E-state index in [0.717, 1.165) is 17.5 Å². The first kappa shape index (κ1) is 16.9. The molecule has 1 amide bonds. The van der Waals surface area contributed by atoms with Gasteiger partial charge in [0.15, 0.2) is 12.2 Å². The van der Waals surface area contributed by atoms with Crippen LogP contribution in [0.2, 0.25) is 0 Å². The first-order valence-electron chi connectivity index (χ1n) is 8.44. The normalized spacial score (nSPS) is 11.9. The Morgan fingerprint density at radius 3 is 2.36 bits per heavy atom. The van der Waals surface area contributed by atoms with Crippen LogP contribution in [-0.2, 0) is 0 Å². The van der Waals surface area contributed by atoms with Crippen molar-refractivity contribution in [2.75, 3.05) is 6.54 Å². The maximum absolute atomic E-state index is 13.0. The molecule has 3 rings (SSSR count). The van der Waals surface area contributed by atoms with Crippen molar-refractivity contribution in [1.82, 2.24) is 14.9 Å². The fraction of sp³-hybridized carbons (Fsp3) is 0.250. The van der Waals surface area contributed by atoms with E-state index < -0.39 is 0 Å². The Kier molecular flexibility index (Phi) is 5.23. The fourth-order valence-electron chi connectivity index (χ4n) is 3.03. The lowest BCUT2D eigenvalue weighted by molar-refractivity contribution is 0.0682. The lowest BCUT2D eigenvalue weighted by Gasteiger charge is -2.30. The van der Waals surface area contributed by atoms with E-state index in [1.165, 1.54) is 6.39 Å². The predicted molar refractivity (Wildman–Crippen MR) is 95.9 cm³/mol. The van der Waals surface area contributed by atoms with E-state index >= 15 is 0 Å². The summed E-state index contributed by atoms with van der Waals surface area (Å²) in [5.41, 5.74) is 2.67. The van der Waals surface area contributed by atoms with Crippen LogP contribution in [0.5, 0.6) is 0 Å². The van der Waals surface area contributed by atoms with E-state index in [-0.39, 0.29) is 11.9 Å². The van der Waals surface area contributed by atoms with Gasteiger partial charge in [0.1, 0.15) is 0 Å². The third-order valence-electron chi connectivity index (χ3n) is 4.30. The van der Waals surface area contributed by atoms with E-state index in [4.69, 9.17) is 4.42 Å². The standard InChI is InChI=1S/C20H21N3O2/c1-3-18(15-9-11-21-12-10-15)23(4-2)20(24)17-7-5-16(6-8-17)19-13-22-14-25-19/h5-14,18H,3-4H2,1-2H3/t18-/m1/s1. The van der Waals surface area contributed by atoms with Gasteiger partial charge in [-0.2, -0.15) is 0 Å². The number of hydrogen-bond acceptors (Lipinski definition) is 4. The van der Waals surface area contributed by atoms with Gasteiger partial charge in [0, 0.05) is 30.1 Å². The zero-order valence-corrected chi connectivity index (χ0v) is 14.4. The van der Waals surface area contributed by atoms with Crippen molar-refractivity contribution in [2.45, 2.75) is 26.3 Å². The van der Waals surface area contributed by atoms with Gasteiger partial charge in [-0.3, -0.25) is 9.78 Å². The molecule has 0 bridgehead atoms. The molecule has 2 aromatic heterocycles. The smallest absolute Gasteiger partial charge is 0.254 e. The molecule has 2 heterocycles. The van der Waals surface area contributed by atoms with E-state index in [9.17, 15) is 4.79 Å². The molecule has 0 aliphatic heterocycles. The molecule has 0 spiro atoms. The lowest BCUT2D eigenvalue weighted by Crippen LogP contribution is -2.34. The lowest BCUT2D eigenvalue weighted by atomic mass is 10.0. The van der Waals surface area contributed by atoms with Crippen LogP contribution >= 0.6 is 0 Å². The Hall–Kier alpha value is -2.95. The molecule has 0 aliphatic rings. The third kappa shape index (κ3) is 3.60. The van der Waals surface area contributed by atoms with Crippen molar-refractivity contribution < 1.29 is 9.21 Å². The zero-order chi connectivity index (χ0) is 17.6. The maximum Gasteiger partial charge on any atom is 0.254 e. The average Bonchev–Trinajstić information content (AvgIpc) is 3.21. The summed E-state index contributed by atoms with van der Waals surface area (Å²) in [6.45, 7) is 4.74. The first-order chi connectivity index (χ1) is 12.2. The number of pyridine rings is 1. The Morgan fingerprint density at radius 2 is 1.80 bits per heavy atom. The third-order valence-corrected chi connectivity index (χ3v) is 4.30.